The number of aliphatic hydroxyl groups is 1. The molecule has 0 saturated heterocycles. The molecule has 2 aromatic rings. The molecule has 0 aliphatic carbocycles. The second-order valence-corrected chi connectivity index (χ2v) is 6.09. The maximum atomic E-state index is 13.8. The second kappa shape index (κ2) is 9.61. The van der Waals surface area contributed by atoms with Crippen LogP contribution in [-0.2, 0) is 13.2 Å². The number of halogens is 2. The summed E-state index contributed by atoms with van der Waals surface area (Å²) in [6, 6.07) is 10.1. The van der Waals surface area contributed by atoms with Crippen LogP contribution >= 0.6 is 11.6 Å². The first kappa shape index (κ1) is 19.5. The van der Waals surface area contributed by atoms with Crippen LogP contribution in [0.3, 0.4) is 0 Å². The van der Waals surface area contributed by atoms with Crippen LogP contribution in [0.5, 0.6) is 11.5 Å². The fraction of sp³-hybridized carbons (Fsp3) is 0.368. The third-order valence-corrected chi connectivity index (χ3v) is 3.86. The summed E-state index contributed by atoms with van der Waals surface area (Å²) in [5.41, 5.74) is 1.31. The van der Waals surface area contributed by atoms with Gasteiger partial charge in [-0.05, 0) is 43.7 Å². The van der Waals surface area contributed by atoms with Gasteiger partial charge in [0.15, 0.2) is 11.5 Å². The Labute approximate surface area is 152 Å². The Bertz CT molecular complexity index is 674. The molecule has 0 radical (unpaired) electrons. The van der Waals surface area contributed by atoms with E-state index in [-0.39, 0.29) is 6.61 Å². The molecule has 6 heteroatoms. The zero-order valence-electron chi connectivity index (χ0n) is 14.4. The number of aliphatic hydroxyl groups excluding tert-OH is 1. The van der Waals surface area contributed by atoms with Crippen LogP contribution in [0.15, 0.2) is 36.4 Å². The van der Waals surface area contributed by atoms with E-state index in [4.69, 9.17) is 21.1 Å². The molecule has 0 amide bonds. The SMILES string of the molecule is CCOc1cc(CNC[C@@H](C)O)ccc1OCc1c(F)cccc1Cl. The van der Waals surface area contributed by atoms with E-state index in [1.165, 1.54) is 6.07 Å². The van der Waals surface area contributed by atoms with Crippen LogP contribution in [0.4, 0.5) is 4.39 Å². The molecular formula is C19H23ClFNO3. The smallest absolute Gasteiger partial charge is 0.161 e. The lowest BCUT2D eigenvalue weighted by molar-refractivity contribution is 0.191. The van der Waals surface area contributed by atoms with Crippen LogP contribution in [0, 0.1) is 5.82 Å². The van der Waals surface area contributed by atoms with Crippen molar-refractivity contribution in [1.82, 2.24) is 5.32 Å². The first-order chi connectivity index (χ1) is 12.0. The van der Waals surface area contributed by atoms with Gasteiger partial charge in [0, 0.05) is 18.7 Å². The topological polar surface area (TPSA) is 50.7 Å². The van der Waals surface area contributed by atoms with Crippen molar-refractivity contribution in [3.63, 3.8) is 0 Å². The van der Waals surface area contributed by atoms with Crippen molar-refractivity contribution >= 4 is 11.6 Å². The lowest BCUT2D eigenvalue weighted by Gasteiger charge is -2.15. The minimum Gasteiger partial charge on any atom is -0.490 e. The summed E-state index contributed by atoms with van der Waals surface area (Å²) >= 11 is 6.02. The summed E-state index contributed by atoms with van der Waals surface area (Å²) in [6.07, 6.45) is -0.403. The van der Waals surface area contributed by atoms with Crippen molar-refractivity contribution < 1.29 is 19.0 Å². The number of nitrogens with one attached hydrogen (secondary N) is 1. The average molecular weight is 368 g/mol. The van der Waals surface area contributed by atoms with E-state index in [1.807, 2.05) is 19.1 Å². The molecule has 0 aromatic heterocycles. The van der Waals surface area contributed by atoms with Gasteiger partial charge in [0.1, 0.15) is 12.4 Å². The lowest BCUT2D eigenvalue weighted by Crippen LogP contribution is -2.23. The predicted molar refractivity (Wildman–Crippen MR) is 96.7 cm³/mol. The molecule has 2 aromatic carbocycles. The maximum absolute atomic E-state index is 13.8. The molecule has 0 fully saturated rings. The monoisotopic (exact) mass is 367 g/mol. The van der Waals surface area contributed by atoms with Gasteiger partial charge in [-0.2, -0.15) is 0 Å². The van der Waals surface area contributed by atoms with Crippen LogP contribution in [0.25, 0.3) is 0 Å². The Hall–Kier alpha value is -1.82. The highest BCUT2D eigenvalue weighted by atomic mass is 35.5. The Morgan fingerprint density at radius 2 is 2.00 bits per heavy atom. The third kappa shape index (κ3) is 5.88. The van der Waals surface area contributed by atoms with E-state index in [2.05, 4.69) is 5.32 Å². The van der Waals surface area contributed by atoms with E-state index in [0.717, 1.165) is 5.56 Å². The molecule has 2 rings (SSSR count). The van der Waals surface area contributed by atoms with Crippen LogP contribution in [0.1, 0.15) is 25.0 Å². The van der Waals surface area contributed by atoms with Crippen molar-refractivity contribution in [2.75, 3.05) is 13.2 Å². The Kier molecular flexibility index (Phi) is 7.50. The van der Waals surface area contributed by atoms with Crippen LogP contribution in [0.2, 0.25) is 5.02 Å². The van der Waals surface area contributed by atoms with E-state index in [9.17, 15) is 9.50 Å². The summed E-state index contributed by atoms with van der Waals surface area (Å²) in [6.45, 7) is 5.23. The Balaban J connectivity index is 2.08. The Morgan fingerprint density at radius 1 is 1.20 bits per heavy atom. The molecule has 136 valence electrons. The van der Waals surface area contributed by atoms with Crippen molar-refractivity contribution in [2.24, 2.45) is 0 Å². The van der Waals surface area contributed by atoms with E-state index >= 15 is 0 Å². The first-order valence-electron chi connectivity index (χ1n) is 8.21. The average Bonchev–Trinajstić information content (AvgIpc) is 2.56. The number of ether oxygens (including phenoxy) is 2. The van der Waals surface area contributed by atoms with Gasteiger partial charge in [-0.3, -0.25) is 0 Å². The van der Waals surface area contributed by atoms with E-state index in [1.54, 1.807) is 25.1 Å². The summed E-state index contributed by atoms with van der Waals surface area (Å²) < 4.78 is 25.2. The van der Waals surface area contributed by atoms with E-state index < -0.39 is 11.9 Å². The van der Waals surface area contributed by atoms with Gasteiger partial charge >= 0.3 is 0 Å². The number of hydrogen-bond donors (Lipinski definition) is 2. The highest BCUT2D eigenvalue weighted by molar-refractivity contribution is 6.31. The Morgan fingerprint density at radius 3 is 2.68 bits per heavy atom. The summed E-state index contributed by atoms with van der Waals surface area (Å²) in [4.78, 5) is 0. The standard InChI is InChI=1S/C19H23ClFNO3/c1-3-24-19-9-14(11-22-10-13(2)23)7-8-18(19)25-12-15-16(20)5-4-6-17(15)21/h4-9,13,22-23H,3,10-12H2,1-2H3/t13-/m1/s1. The molecule has 1 atom stereocenters. The first-order valence-corrected chi connectivity index (χ1v) is 8.59. The zero-order valence-corrected chi connectivity index (χ0v) is 15.1. The van der Waals surface area contributed by atoms with Gasteiger partial charge in [0.25, 0.3) is 0 Å². The van der Waals surface area contributed by atoms with Crippen molar-refractivity contribution in [3.8, 4) is 11.5 Å². The number of rotatable bonds is 9. The van der Waals surface area contributed by atoms with Gasteiger partial charge in [-0.15, -0.1) is 0 Å². The minimum atomic E-state index is -0.403. The largest absolute Gasteiger partial charge is 0.490 e. The molecule has 0 unspecified atom stereocenters. The van der Waals surface area contributed by atoms with Crippen molar-refractivity contribution in [2.45, 2.75) is 33.1 Å². The molecule has 0 saturated carbocycles. The van der Waals surface area contributed by atoms with Gasteiger partial charge in [-0.25, -0.2) is 4.39 Å². The summed E-state index contributed by atoms with van der Waals surface area (Å²) in [5.74, 6) is 0.719. The molecule has 0 aliphatic heterocycles. The van der Waals surface area contributed by atoms with Crippen LogP contribution in [-0.4, -0.2) is 24.4 Å². The van der Waals surface area contributed by atoms with Crippen LogP contribution < -0.4 is 14.8 Å². The number of hydrogen-bond acceptors (Lipinski definition) is 4. The van der Waals surface area contributed by atoms with Gasteiger partial charge < -0.3 is 19.9 Å². The molecule has 2 N–H and O–H groups in total. The summed E-state index contributed by atoms with van der Waals surface area (Å²) in [7, 11) is 0. The number of benzene rings is 2. The quantitative estimate of drug-likeness (QED) is 0.705. The molecule has 0 heterocycles. The highest BCUT2D eigenvalue weighted by Crippen LogP contribution is 2.30. The molecule has 0 aliphatic rings. The normalized spacial score (nSPS) is 12.0. The fourth-order valence-electron chi connectivity index (χ4n) is 2.30. The van der Waals surface area contributed by atoms with E-state index in [0.29, 0.717) is 41.8 Å². The molecule has 4 nitrogen and oxygen atoms in total. The highest BCUT2D eigenvalue weighted by Gasteiger charge is 2.11. The van der Waals surface area contributed by atoms with Crippen molar-refractivity contribution in [1.29, 1.82) is 0 Å². The fourth-order valence-corrected chi connectivity index (χ4v) is 2.51. The maximum Gasteiger partial charge on any atom is 0.161 e. The predicted octanol–water partition coefficient (Wildman–Crippen LogP) is 3.93. The van der Waals surface area contributed by atoms with Gasteiger partial charge in [0.05, 0.1) is 17.7 Å². The van der Waals surface area contributed by atoms with Gasteiger partial charge in [-0.1, -0.05) is 23.7 Å². The third-order valence-electron chi connectivity index (χ3n) is 3.51. The minimum absolute atomic E-state index is 0.0191. The molecular weight excluding hydrogens is 345 g/mol. The molecule has 0 spiro atoms. The molecule has 0 bridgehead atoms. The zero-order chi connectivity index (χ0) is 18.2. The van der Waals surface area contributed by atoms with Crippen molar-refractivity contribution in [3.05, 3.63) is 58.4 Å². The molecule has 25 heavy (non-hydrogen) atoms. The van der Waals surface area contributed by atoms with Gasteiger partial charge in [0.2, 0.25) is 0 Å². The second-order valence-electron chi connectivity index (χ2n) is 5.68. The summed E-state index contributed by atoms with van der Waals surface area (Å²) in [5, 5.41) is 12.8. The lowest BCUT2D eigenvalue weighted by atomic mass is 10.2.